The number of para-hydroxylation sites is 1. The van der Waals surface area contributed by atoms with E-state index < -0.39 is 6.10 Å². The number of likely N-dealkylation sites (N-methyl/N-ethyl adjacent to an activating group) is 1. The number of aliphatic hydroxyl groups is 1. The minimum atomic E-state index is -0.696. The number of nitrogens with zero attached hydrogens (tertiary/aromatic N) is 3. The highest BCUT2D eigenvalue weighted by Gasteiger charge is 2.36. The number of fused-ring (bicyclic) bond motifs is 1. The van der Waals surface area contributed by atoms with Crippen LogP contribution in [-0.2, 0) is 6.42 Å². The summed E-state index contributed by atoms with van der Waals surface area (Å²) in [5.41, 5.74) is 2.23. The molecule has 1 saturated carbocycles. The molecule has 0 bridgehead atoms. The fourth-order valence-corrected chi connectivity index (χ4v) is 4.44. The molecule has 2 aromatic carbocycles. The van der Waals surface area contributed by atoms with E-state index in [2.05, 4.69) is 15.5 Å². The predicted molar refractivity (Wildman–Crippen MR) is 121 cm³/mol. The lowest BCUT2D eigenvalue weighted by Crippen LogP contribution is -2.42. The van der Waals surface area contributed by atoms with E-state index in [9.17, 15) is 9.90 Å². The Balaban J connectivity index is 1.14. The van der Waals surface area contributed by atoms with Crippen LogP contribution in [0, 0.1) is 0 Å². The van der Waals surface area contributed by atoms with Crippen molar-refractivity contribution in [2.24, 2.45) is 0 Å². The molecule has 0 aliphatic heterocycles. The van der Waals surface area contributed by atoms with Crippen LogP contribution < -0.4 is 10.1 Å². The number of hydrogen-bond donors (Lipinski definition) is 2. The fraction of sp³-hybridized carbons (Fsp3) is 0.320. The Labute approximate surface area is 187 Å². The zero-order valence-electron chi connectivity index (χ0n) is 17.9. The second kappa shape index (κ2) is 8.59. The molecule has 0 unspecified atom stereocenters. The number of amides is 1. The second-order valence-corrected chi connectivity index (χ2v) is 8.50. The normalized spacial score (nSPS) is 23.7. The third kappa shape index (κ3) is 4.03. The molecule has 2 aliphatic rings. The van der Waals surface area contributed by atoms with Gasteiger partial charge in [-0.2, -0.15) is 0 Å². The fourth-order valence-electron chi connectivity index (χ4n) is 4.44. The Morgan fingerprint density at radius 3 is 2.50 bits per heavy atom. The summed E-state index contributed by atoms with van der Waals surface area (Å²) in [5, 5.41) is 22.3. The maximum Gasteiger partial charge on any atom is 0.274 e. The van der Waals surface area contributed by atoms with E-state index >= 15 is 0 Å². The van der Waals surface area contributed by atoms with Crippen LogP contribution in [0.4, 0.5) is 5.82 Å². The number of rotatable bonds is 6. The smallest absolute Gasteiger partial charge is 0.274 e. The molecular formula is C25H26N4O3. The van der Waals surface area contributed by atoms with Gasteiger partial charge >= 0.3 is 0 Å². The topological polar surface area (TPSA) is 87.6 Å². The summed E-state index contributed by atoms with van der Waals surface area (Å²) in [5.74, 6) is 1.28. The first-order chi connectivity index (χ1) is 15.6. The average molecular weight is 431 g/mol. The molecule has 7 nitrogen and oxygen atoms in total. The standard InChI is InChI=1S/C25H26N4O3/c1-29(22-13-16-7-5-6-10-20(16)24(22)30)25(31)21-11-12-23(28-27-21)26-17-14-19(15-17)32-18-8-3-2-4-9-18/h2-12,17,19,22,24,30H,13-15H2,1H3,(H,26,28)/t17?,19?,22-,24+/m1/s1. The van der Waals surface area contributed by atoms with Crippen molar-refractivity contribution < 1.29 is 14.6 Å². The lowest BCUT2D eigenvalue weighted by molar-refractivity contribution is 0.0492. The Hall–Kier alpha value is -3.45. The van der Waals surface area contributed by atoms with E-state index in [1.165, 1.54) is 0 Å². The summed E-state index contributed by atoms with van der Waals surface area (Å²) >= 11 is 0. The third-order valence-corrected chi connectivity index (χ3v) is 6.36. The van der Waals surface area contributed by atoms with Crippen LogP contribution >= 0.6 is 0 Å². The zero-order valence-corrected chi connectivity index (χ0v) is 17.9. The SMILES string of the molecule is CN(C(=O)c1ccc(NC2CC(Oc3ccccc3)C2)nn1)[C@@H]1Cc2ccccc2[C@@H]1O. The average Bonchev–Trinajstić information content (AvgIpc) is 3.14. The number of aliphatic hydroxyl groups excluding tert-OH is 1. The summed E-state index contributed by atoms with van der Waals surface area (Å²) in [7, 11) is 1.71. The summed E-state index contributed by atoms with van der Waals surface area (Å²) < 4.78 is 5.93. The van der Waals surface area contributed by atoms with Crippen molar-refractivity contribution >= 4 is 11.7 Å². The number of carbonyl (C=O) groups is 1. The van der Waals surface area contributed by atoms with Crippen molar-refractivity contribution in [3.63, 3.8) is 0 Å². The third-order valence-electron chi connectivity index (χ3n) is 6.36. The summed E-state index contributed by atoms with van der Waals surface area (Å²) in [6.45, 7) is 0. The second-order valence-electron chi connectivity index (χ2n) is 8.50. The number of nitrogens with one attached hydrogen (secondary N) is 1. The van der Waals surface area contributed by atoms with E-state index in [-0.39, 0.29) is 29.8 Å². The van der Waals surface area contributed by atoms with Gasteiger partial charge in [-0.15, -0.1) is 10.2 Å². The van der Waals surface area contributed by atoms with E-state index in [1.54, 1.807) is 24.1 Å². The van der Waals surface area contributed by atoms with Gasteiger partial charge in [0, 0.05) is 25.9 Å². The monoisotopic (exact) mass is 430 g/mol. The molecule has 0 spiro atoms. The van der Waals surface area contributed by atoms with Crippen molar-refractivity contribution in [1.29, 1.82) is 0 Å². The van der Waals surface area contributed by atoms with Crippen LogP contribution in [0.1, 0.15) is 40.6 Å². The molecule has 0 saturated heterocycles. The zero-order chi connectivity index (χ0) is 22.1. The van der Waals surface area contributed by atoms with Crippen LogP contribution in [-0.4, -0.2) is 51.3 Å². The molecule has 1 heterocycles. The van der Waals surface area contributed by atoms with Crippen LogP contribution in [0.2, 0.25) is 0 Å². The number of aromatic nitrogens is 2. The molecule has 2 atom stereocenters. The predicted octanol–water partition coefficient (Wildman–Crippen LogP) is 3.23. The number of benzene rings is 2. The van der Waals surface area contributed by atoms with Gasteiger partial charge in [0.05, 0.1) is 12.1 Å². The first kappa shape index (κ1) is 20.5. The van der Waals surface area contributed by atoms with E-state index in [4.69, 9.17) is 4.74 Å². The molecule has 3 aromatic rings. The van der Waals surface area contributed by atoms with Crippen LogP contribution in [0.5, 0.6) is 5.75 Å². The van der Waals surface area contributed by atoms with Crippen LogP contribution in [0.3, 0.4) is 0 Å². The van der Waals surface area contributed by atoms with Gasteiger partial charge in [-0.25, -0.2) is 0 Å². The van der Waals surface area contributed by atoms with Crippen molar-refractivity contribution in [1.82, 2.24) is 15.1 Å². The van der Waals surface area contributed by atoms with Crippen molar-refractivity contribution in [3.8, 4) is 5.75 Å². The molecule has 7 heteroatoms. The first-order valence-electron chi connectivity index (χ1n) is 10.9. The van der Waals surface area contributed by atoms with Crippen LogP contribution in [0.15, 0.2) is 66.7 Å². The maximum atomic E-state index is 12.9. The van der Waals surface area contributed by atoms with E-state index in [0.717, 1.165) is 29.7 Å². The Morgan fingerprint density at radius 1 is 1.03 bits per heavy atom. The number of hydrogen-bond acceptors (Lipinski definition) is 6. The molecular weight excluding hydrogens is 404 g/mol. The van der Waals surface area contributed by atoms with Crippen molar-refractivity contribution in [3.05, 3.63) is 83.6 Å². The highest BCUT2D eigenvalue weighted by molar-refractivity contribution is 5.92. The molecule has 2 aliphatic carbocycles. The van der Waals surface area contributed by atoms with Gasteiger partial charge in [0.1, 0.15) is 17.7 Å². The van der Waals surface area contributed by atoms with Gasteiger partial charge in [0.15, 0.2) is 5.69 Å². The highest BCUT2D eigenvalue weighted by atomic mass is 16.5. The molecule has 1 fully saturated rings. The molecule has 2 N–H and O–H groups in total. The minimum absolute atomic E-state index is 0.194. The number of anilines is 1. The Bertz CT molecular complexity index is 1080. The first-order valence-corrected chi connectivity index (χ1v) is 10.9. The minimum Gasteiger partial charge on any atom is -0.490 e. The van der Waals surface area contributed by atoms with E-state index in [0.29, 0.717) is 12.2 Å². The number of ether oxygens (including phenoxy) is 1. The van der Waals surface area contributed by atoms with Gasteiger partial charge < -0.3 is 20.1 Å². The van der Waals surface area contributed by atoms with Gasteiger partial charge in [-0.3, -0.25) is 4.79 Å². The Morgan fingerprint density at radius 2 is 1.78 bits per heavy atom. The van der Waals surface area contributed by atoms with E-state index in [1.807, 2.05) is 54.6 Å². The molecule has 32 heavy (non-hydrogen) atoms. The van der Waals surface area contributed by atoms with Gasteiger partial charge in [0.2, 0.25) is 0 Å². The quantitative estimate of drug-likeness (QED) is 0.624. The summed E-state index contributed by atoms with van der Waals surface area (Å²) in [6, 6.07) is 21.0. The summed E-state index contributed by atoms with van der Waals surface area (Å²) in [6.07, 6.45) is 1.90. The van der Waals surface area contributed by atoms with Gasteiger partial charge in [-0.1, -0.05) is 42.5 Å². The van der Waals surface area contributed by atoms with Crippen molar-refractivity contribution in [2.45, 2.75) is 43.6 Å². The lowest BCUT2D eigenvalue weighted by Gasteiger charge is -2.36. The summed E-state index contributed by atoms with van der Waals surface area (Å²) in [4.78, 5) is 14.5. The van der Waals surface area contributed by atoms with Gasteiger partial charge in [0.25, 0.3) is 5.91 Å². The molecule has 0 radical (unpaired) electrons. The Kier molecular flexibility index (Phi) is 5.49. The number of carbonyl (C=O) groups excluding carboxylic acids is 1. The molecule has 164 valence electrons. The maximum absolute atomic E-state index is 12.9. The van der Waals surface area contributed by atoms with Crippen molar-refractivity contribution in [2.75, 3.05) is 12.4 Å². The van der Waals surface area contributed by atoms with Crippen LogP contribution in [0.25, 0.3) is 0 Å². The largest absolute Gasteiger partial charge is 0.490 e. The molecule has 1 aromatic heterocycles. The lowest BCUT2D eigenvalue weighted by atomic mass is 9.89. The van der Waals surface area contributed by atoms with Gasteiger partial charge in [-0.05, 0) is 41.8 Å². The highest BCUT2D eigenvalue weighted by Crippen LogP contribution is 2.34. The molecule has 1 amide bonds. The molecule has 5 rings (SSSR count).